The highest BCUT2D eigenvalue weighted by Gasteiger charge is 2.19. The van der Waals surface area contributed by atoms with E-state index in [1.807, 2.05) is 6.92 Å². The Kier molecular flexibility index (Phi) is 4.81. The van der Waals surface area contributed by atoms with Crippen molar-refractivity contribution in [1.82, 2.24) is 25.9 Å². The fourth-order valence-electron chi connectivity index (χ4n) is 2.15. The zero-order valence-corrected chi connectivity index (χ0v) is 11.8. The van der Waals surface area contributed by atoms with Gasteiger partial charge in [-0.25, -0.2) is 0 Å². The van der Waals surface area contributed by atoms with E-state index in [4.69, 9.17) is 0 Å². The molecule has 0 fully saturated rings. The van der Waals surface area contributed by atoms with Crippen molar-refractivity contribution >= 4 is 5.91 Å². The van der Waals surface area contributed by atoms with E-state index in [0.29, 0.717) is 18.2 Å². The Labute approximate surface area is 108 Å². The largest absolute Gasteiger partial charge is 0.346 e. The third-order valence-corrected chi connectivity index (χ3v) is 2.62. The molecular formula is C12H23N5O. The minimum atomic E-state index is -0.210. The number of tetrazole rings is 1. The molecule has 18 heavy (non-hydrogen) atoms. The Hall–Kier alpha value is -1.46. The van der Waals surface area contributed by atoms with E-state index in [-0.39, 0.29) is 17.4 Å². The van der Waals surface area contributed by atoms with E-state index in [1.165, 1.54) is 0 Å². The van der Waals surface area contributed by atoms with Gasteiger partial charge in [0.05, 0.1) is 6.04 Å². The maximum atomic E-state index is 11.8. The molecule has 1 amide bonds. The first-order valence-corrected chi connectivity index (χ1v) is 6.30. The van der Waals surface area contributed by atoms with Crippen LogP contribution in [0.25, 0.3) is 0 Å². The highest BCUT2D eigenvalue weighted by Crippen LogP contribution is 2.25. The second-order valence-electron chi connectivity index (χ2n) is 6.13. The molecule has 0 spiro atoms. The molecule has 102 valence electrons. The van der Waals surface area contributed by atoms with Crippen LogP contribution in [0.3, 0.4) is 0 Å². The summed E-state index contributed by atoms with van der Waals surface area (Å²) >= 11 is 0. The van der Waals surface area contributed by atoms with Crippen molar-refractivity contribution in [3.05, 3.63) is 5.82 Å². The minimum absolute atomic E-state index is 0.0315. The Balaban J connectivity index is 2.38. The second kappa shape index (κ2) is 5.93. The SMILES string of the molecule is CC(CC(=O)NC(C)c1nn[nH]n1)CC(C)(C)C. The number of carbonyl (C=O) groups is 1. The van der Waals surface area contributed by atoms with Crippen molar-refractivity contribution in [1.29, 1.82) is 0 Å². The van der Waals surface area contributed by atoms with E-state index in [1.54, 1.807) is 0 Å². The summed E-state index contributed by atoms with van der Waals surface area (Å²) < 4.78 is 0. The number of hydrogen-bond donors (Lipinski definition) is 2. The van der Waals surface area contributed by atoms with Crippen LogP contribution in [-0.4, -0.2) is 26.5 Å². The lowest BCUT2D eigenvalue weighted by Crippen LogP contribution is -2.29. The van der Waals surface area contributed by atoms with Crippen LogP contribution in [0.2, 0.25) is 0 Å². The van der Waals surface area contributed by atoms with Gasteiger partial charge in [-0.3, -0.25) is 4.79 Å². The molecule has 6 heteroatoms. The van der Waals surface area contributed by atoms with Gasteiger partial charge in [0.1, 0.15) is 0 Å². The fraction of sp³-hybridized carbons (Fsp3) is 0.833. The topological polar surface area (TPSA) is 83.6 Å². The molecular weight excluding hydrogens is 230 g/mol. The van der Waals surface area contributed by atoms with Crippen LogP contribution >= 0.6 is 0 Å². The molecule has 6 nitrogen and oxygen atoms in total. The second-order valence-corrected chi connectivity index (χ2v) is 6.13. The molecule has 1 aromatic heterocycles. The van der Waals surface area contributed by atoms with Gasteiger partial charge in [0.15, 0.2) is 5.82 Å². The van der Waals surface area contributed by atoms with Gasteiger partial charge in [0, 0.05) is 6.42 Å². The van der Waals surface area contributed by atoms with Crippen LogP contribution in [0.4, 0.5) is 0 Å². The highest BCUT2D eigenvalue weighted by atomic mass is 16.1. The van der Waals surface area contributed by atoms with Crippen LogP contribution in [-0.2, 0) is 4.79 Å². The standard InChI is InChI=1S/C12H23N5O/c1-8(7-12(3,4)5)6-10(18)13-9(2)11-14-16-17-15-11/h8-9H,6-7H2,1-5H3,(H,13,18)(H,14,15,16,17). The molecule has 0 aliphatic rings. The van der Waals surface area contributed by atoms with Crippen LogP contribution in [0.15, 0.2) is 0 Å². The molecule has 0 aromatic carbocycles. The van der Waals surface area contributed by atoms with Crippen LogP contribution in [0.1, 0.15) is 59.3 Å². The number of nitrogens with zero attached hydrogens (tertiary/aromatic N) is 3. The number of H-pyrrole nitrogens is 1. The predicted octanol–water partition coefficient (Wildman–Crippen LogP) is 1.84. The Morgan fingerprint density at radius 3 is 2.56 bits per heavy atom. The first kappa shape index (κ1) is 14.6. The molecule has 0 saturated heterocycles. The van der Waals surface area contributed by atoms with Crippen LogP contribution in [0.5, 0.6) is 0 Å². The Morgan fingerprint density at radius 1 is 1.39 bits per heavy atom. The summed E-state index contributed by atoms with van der Waals surface area (Å²) in [5.41, 5.74) is 0.249. The molecule has 1 heterocycles. The third-order valence-electron chi connectivity index (χ3n) is 2.62. The Bertz CT molecular complexity index is 368. The van der Waals surface area contributed by atoms with E-state index >= 15 is 0 Å². The van der Waals surface area contributed by atoms with Gasteiger partial charge in [-0.15, -0.1) is 10.2 Å². The summed E-state index contributed by atoms with van der Waals surface area (Å²) in [4.78, 5) is 11.8. The molecule has 1 aromatic rings. The quantitative estimate of drug-likeness (QED) is 0.838. The minimum Gasteiger partial charge on any atom is -0.346 e. The van der Waals surface area contributed by atoms with Crippen molar-refractivity contribution in [2.45, 2.75) is 53.5 Å². The van der Waals surface area contributed by atoms with E-state index < -0.39 is 0 Å². The average Bonchev–Trinajstić information content (AvgIpc) is 2.65. The average molecular weight is 253 g/mol. The fourth-order valence-corrected chi connectivity index (χ4v) is 2.15. The highest BCUT2D eigenvalue weighted by molar-refractivity contribution is 5.76. The molecule has 2 N–H and O–H groups in total. The number of nitrogens with one attached hydrogen (secondary N) is 2. The first-order valence-electron chi connectivity index (χ1n) is 6.30. The maximum Gasteiger partial charge on any atom is 0.220 e. The van der Waals surface area contributed by atoms with Crippen molar-refractivity contribution in [3.8, 4) is 0 Å². The van der Waals surface area contributed by atoms with Crippen molar-refractivity contribution in [2.75, 3.05) is 0 Å². The summed E-state index contributed by atoms with van der Waals surface area (Å²) in [5, 5.41) is 16.4. The molecule has 0 aliphatic carbocycles. The predicted molar refractivity (Wildman–Crippen MR) is 68.6 cm³/mol. The van der Waals surface area contributed by atoms with Gasteiger partial charge in [-0.2, -0.15) is 5.21 Å². The summed E-state index contributed by atoms with van der Waals surface area (Å²) in [6.07, 6.45) is 1.55. The van der Waals surface area contributed by atoms with Gasteiger partial charge < -0.3 is 5.32 Å². The van der Waals surface area contributed by atoms with E-state index in [2.05, 4.69) is 53.6 Å². The van der Waals surface area contributed by atoms with Crippen molar-refractivity contribution in [2.24, 2.45) is 11.3 Å². The smallest absolute Gasteiger partial charge is 0.220 e. The lowest BCUT2D eigenvalue weighted by molar-refractivity contribution is -0.122. The van der Waals surface area contributed by atoms with Crippen molar-refractivity contribution < 1.29 is 4.79 Å². The summed E-state index contributed by atoms with van der Waals surface area (Å²) in [7, 11) is 0. The lowest BCUT2D eigenvalue weighted by Gasteiger charge is -2.23. The normalized spacial score (nSPS) is 15.2. The molecule has 2 atom stereocenters. The molecule has 0 radical (unpaired) electrons. The van der Waals surface area contributed by atoms with Crippen LogP contribution in [0, 0.1) is 11.3 Å². The van der Waals surface area contributed by atoms with E-state index in [9.17, 15) is 4.79 Å². The first-order chi connectivity index (χ1) is 8.28. The lowest BCUT2D eigenvalue weighted by atomic mass is 9.84. The zero-order valence-electron chi connectivity index (χ0n) is 11.8. The van der Waals surface area contributed by atoms with Gasteiger partial charge in [-0.05, 0) is 24.7 Å². The van der Waals surface area contributed by atoms with Gasteiger partial charge in [-0.1, -0.05) is 32.9 Å². The van der Waals surface area contributed by atoms with Gasteiger partial charge in [0.2, 0.25) is 5.91 Å². The monoisotopic (exact) mass is 253 g/mol. The van der Waals surface area contributed by atoms with Crippen molar-refractivity contribution in [3.63, 3.8) is 0 Å². The summed E-state index contributed by atoms with van der Waals surface area (Å²) in [5.74, 6) is 0.901. The molecule has 2 unspecified atom stereocenters. The number of rotatable bonds is 5. The maximum absolute atomic E-state index is 11.8. The molecule has 0 aliphatic heterocycles. The number of carbonyl (C=O) groups excluding carboxylic acids is 1. The zero-order chi connectivity index (χ0) is 13.8. The number of aromatic amines is 1. The van der Waals surface area contributed by atoms with Gasteiger partial charge >= 0.3 is 0 Å². The van der Waals surface area contributed by atoms with E-state index in [0.717, 1.165) is 6.42 Å². The molecule has 0 bridgehead atoms. The number of hydrogen-bond acceptors (Lipinski definition) is 4. The third kappa shape index (κ3) is 5.25. The Morgan fingerprint density at radius 2 is 2.06 bits per heavy atom. The number of amides is 1. The molecule has 0 saturated carbocycles. The summed E-state index contributed by atoms with van der Waals surface area (Å²) in [6.45, 7) is 10.5. The number of aromatic nitrogens is 4. The van der Waals surface area contributed by atoms with Crippen LogP contribution < -0.4 is 5.32 Å². The van der Waals surface area contributed by atoms with Gasteiger partial charge in [0.25, 0.3) is 0 Å². The molecule has 1 rings (SSSR count). The summed E-state index contributed by atoms with van der Waals surface area (Å²) in [6, 6.07) is -0.210.